The van der Waals surface area contributed by atoms with Crippen LogP contribution in [-0.2, 0) is 4.79 Å². The van der Waals surface area contributed by atoms with Gasteiger partial charge in [-0.15, -0.1) is 0 Å². The van der Waals surface area contributed by atoms with Crippen molar-refractivity contribution in [3.05, 3.63) is 0 Å². The zero-order valence-corrected chi connectivity index (χ0v) is 11.9. The second-order valence-corrected chi connectivity index (χ2v) is 5.97. The second-order valence-electron chi connectivity index (χ2n) is 5.97. The molecule has 1 unspecified atom stereocenters. The summed E-state index contributed by atoms with van der Waals surface area (Å²) < 4.78 is 0. The van der Waals surface area contributed by atoms with Gasteiger partial charge in [0.25, 0.3) is 0 Å². The lowest BCUT2D eigenvalue weighted by Gasteiger charge is -2.41. The van der Waals surface area contributed by atoms with Gasteiger partial charge in [0.1, 0.15) is 0 Å². The van der Waals surface area contributed by atoms with E-state index in [1.165, 1.54) is 13.0 Å². The van der Waals surface area contributed by atoms with Gasteiger partial charge >= 0.3 is 0 Å². The molecule has 0 aromatic heterocycles. The van der Waals surface area contributed by atoms with Gasteiger partial charge in [-0.05, 0) is 39.3 Å². The first-order chi connectivity index (χ1) is 8.65. The van der Waals surface area contributed by atoms with Crippen LogP contribution in [0.1, 0.15) is 33.1 Å². The Hall–Kier alpha value is -0.610. The molecule has 0 saturated carbocycles. The predicted molar refractivity (Wildman–Crippen MR) is 73.5 cm³/mol. The zero-order chi connectivity index (χ0) is 13.0. The maximum absolute atomic E-state index is 12.6. The van der Waals surface area contributed by atoms with Crippen molar-refractivity contribution in [2.45, 2.75) is 33.1 Å². The lowest BCUT2D eigenvalue weighted by molar-refractivity contribution is -0.144. The number of piperidine rings is 1. The molecule has 0 aromatic rings. The minimum absolute atomic E-state index is 0.162. The number of rotatable bonds is 3. The number of carbonyl (C=O) groups is 1. The molecule has 0 aromatic carbocycles. The Kier molecular flexibility index (Phi) is 4.62. The van der Waals surface area contributed by atoms with Crippen LogP contribution in [0.25, 0.3) is 0 Å². The highest BCUT2D eigenvalue weighted by molar-refractivity contribution is 5.82. The van der Waals surface area contributed by atoms with Crippen molar-refractivity contribution in [1.29, 1.82) is 0 Å². The number of carbonyl (C=O) groups excluding carboxylic acids is 1. The number of nitrogens with one attached hydrogen (secondary N) is 1. The smallest absolute Gasteiger partial charge is 0.229 e. The molecule has 0 aliphatic carbocycles. The number of piperazine rings is 1. The van der Waals surface area contributed by atoms with Crippen LogP contribution in [0.4, 0.5) is 0 Å². The van der Waals surface area contributed by atoms with Crippen LogP contribution in [0.15, 0.2) is 0 Å². The highest BCUT2D eigenvalue weighted by Gasteiger charge is 2.38. The first-order valence-electron chi connectivity index (χ1n) is 7.38. The summed E-state index contributed by atoms with van der Waals surface area (Å²) in [6.45, 7) is 11.3. The van der Waals surface area contributed by atoms with E-state index in [-0.39, 0.29) is 5.41 Å². The summed E-state index contributed by atoms with van der Waals surface area (Å²) in [5, 5.41) is 3.37. The van der Waals surface area contributed by atoms with Gasteiger partial charge in [-0.3, -0.25) is 9.69 Å². The average molecular weight is 253 g/mol. The van der Waals surface area contributed by atoms with Gasteiger partial charge in [-0.25, -0.2) is 0 Å². The van der Waals surface area contributed by atoms with E-state index in [2.05, 4.69) is 29.0 Å². The molecule has 2 saturated heterocycles. The minimum Gasteiger partial charge on any atom is -0.340 e. The number of hydrogen-bond acceptors (Lipinski definition) is 3. The normalized spacial score (nSPS) is 30.4. The van der Waals surface area contributed by atoms with Gasteiger partial charge in [0, 0.05) is 32.7 Å². The monoisotopic (exact) mass is 253 g/mol. The summed E-state index contributed by atoms with van der Waals surface area (Å²) >= 11 is 0. The maximum atomic E-state index is 12.6. The highest BCUT2D eigenvalue weighted by atomic mass is 16.2. The zero-order valence-electron chi connectivity index (χ0n) is 11.9. The van der Waals surface area contributed by atoms with Crippen LogP contribution in [0.3, 0.4) is 0 Å². The average Bonchev–Trinajstić information content (AvgIpc) is 2.40. The molecule has 2 rings (SSSR count). The lowest BCUT2D eigenvalue weighted by atomic mass is 9.81. The van der Waals surface area contributed by atoms with Gasteiger partial charge < -0.3 is 10.2 Å². The molecule has 4 heteroatoms. The van der Waals surface area contributed by atoms with Crippen LogP contribution >= 0.6 is 0 Å². The van der Waals surface area contributed by atoms with E-state index in [1.807, 2.05) is 0 Å². The number of amides is 1. The molecular weight excluding hydrogens is 226 g/mol. The Bertz CT molecular complexity index is 279. The fraction of sp³-hybridized carbons (Fsp3) is 0.929. The fourth-order valence-corrected chi connectivity index (χ4v) is 3.11. The summed E-state index contributed by atoms with van der Waals surface area (Å²) in [6, 6.07) is 0. The van der Waals surface area contributed by atoms with Crippen LogP contribution in [0.2, 0.25) is 0 Å². The third-order valence-electron chi connectivity index (χ3n) is 4.31. The van der Waals surface area contributed by atoms with Gasteiger partial charge in [0.05, 0.1) is 5.41 Å². The van der Waals surface area contributed by atoms with Gasteiger partial charge in [0.2, 0.25) is 5.91 Å². The molecule has 1 atom stereocenters. The molecule has 0 radical (unpaired) electrons. The van der Waals surface area contributed by atoms with Crippen molar-refractivity contribution < 1.29 is 4.79 Å². The Morgan fingerprint density at radius 2 is 2.00 bits per heavy atom. The molecule has 4 nitrogen and oxygen atoms in total. The van der Waals surface area contributed by atoms with Crippen LogP contribution in [-0.4, -0.2) is 61.5 Å². The first kappa shape index (κ1) is 13.8. The van der Waals surface area contributed by atoms with E-state index >= 15 is 0 Å². The molecule has 0 bridgehead atoms. The summed E-state index contributed by atoms with van der Waals surface area (Å²) in [6.07, 6.45) is 3.36. The Morgan fingerprint density at radius 1 is 1.28 bits per heavy atom. The summed E-state index contributed by atoms with van der Waals surface area (Å²) in [5.74, 6) is 0.367. The van der Waals surface area contributed by atoms with E-state index in [0.717, 1.165) is 52.1 Å². The lowest BCUT2D eigenvalue weighted by Crippen LogP contribution is -2.55. The molecule has 104 valence electrons. The van der Waals surface area contributed by atoms with Crippen molar-refractivity contribution in [1.82, 2.24) is 15.1 Å². The Morgan fingerprint density at radius 3 is 2.56 bits per heavy atom. The largest absolute Gasteiger partial charge is 0.340 e. The molecular formula is C14H27N3O. The maximum Gasteiger partial charge on any atom is 0.229 e. The number of nitrogens with zero attached hydrogens (tertiary/aromatic N) is 2. The van der Waals surface area contributed by atoms with Gasteiger partial charge in [-0.2, -0.15) is 0 Å². The van der Waals surface area contributed by atoms with Crippen LogP contribution in [0.5, 0.6) is 0 Å². The van der Waals surface area contributed by atoms with Crippen molar-refractivity contribution in [3.63, 3.8) is 0 Å². The molecule has 1 amide bonds. The third-order valence-corrected chi connectivity index (χ3v) is 4.31. The first-order valence-corrected chi connectivity index (χ1v) is 7.38. The quantitative estimate of drug-likeness (QED) is 0.813. The molecule has 18 heavy (non-hydrogen) atoms. The van der Waals surface area contributed by atoms with Crippen molar-refractivity contribution in [2.24, 2.45) is 5.41 Å². The number of hydrogen-bond donors (Lipinski definition) is 1. The molecule has 2 aliphatic rings. The summed E-state index contributed by atoms with van der Waals surface area (Å²) in [4.78, 5) is 17.2. The fourth-order valence-electron chi connectivity index (χ4n) is 3.11. The molecule has 1 N–H and O–H groups in total. The molecule has 2 heterocycles. The highest BCUT2D eigenvalue weighted by Crippen LogP contribution is 2.28. The van der Waals surface area contributed by atoms with E-state index in [0.29, 0.717) is 5.91 Å². The third kappa shape index (κ3) is 3.04. The topological polar surface area (TPSA) is 35.6 Å². The minimum atomic E-state index is -0.162. The van der Waals surface area contributed by atoms with Crippen LogP contribution in [0, 0.1) is 5.41 Å². The van der Waals surface area contributed by atoms with Crippen molar-refractivity contribution in [2.75, 3.05) is 45.8 Å². The summed E-state index contributed by atoms with van der Waals surface area (Å²) in [7, 11) is 0. The molecule has 2 aliphatic heterocycles. The molecule has 0 spiro atoms. The van der Waals surface area contributed by atoms with Crippen molar-refractivity contribution >= 4 is 5.91 Å². The van der Waals surface area contributed by atoms with Gasteiger partial charge in [0.15, 0.2) is 0 Å². The van der Waals surface area contributed by atoms with Crippen LogP contribution < -0.4 is 5.32 Å². The molecule has 2 fully saturated rings. The van der Waals surface area contributed by atoms with Gasteiger partial charge in [-0.1, -0.05) is 6.92 Å². The summed E-state index contributed by atoms with van der Waals surface area (Å²) in [5.41, 5.74) is -0.162. The van der Waals surface area contributed by atoms with E-state index < -0.39 is 0 Å². The second kappa shape index (κ2) is 6.02. The SMILES string of the molecule is CCCN1CCN(C(=O)C2(C)CCCNC2)CC1. The standard InChI is InChI=1S/C14H27N3O/c1-3-7-16-8-10-17(11-9-16)13(18)14(2)5-4-6-15-12-14/h15H,3-12H2,1-2H3. The Balaban J connectivity index is 1.86. The van der Waals surface area contributed by atoms with Crippen molar-refractivity contribution in [3.8, 4) is 0 Å². The van der Waals surface area contributed by atoms with E-state index in [1.54, 1.807) is 0 Å². The van der Waals surface area contributed by atoms with E-state index in [9.17, 15) is 4.79 Å². The van der Waals surface area contributed by atoms with E-state index in [4.69, 9.17) is 0 Å². The Labute approximate surface area is 111 Å². The predicted octanol–water partition coefficient (Wildman–Crippen LogP) is 0.930.